The molecule has 0 saturated heterocycles. The van der Waals surface area contributed by atoms with Gasteiger partial charge in [0.25, 0.3) is 0 Å². The van der Waals surface area contributed by atoms with Crippen molar-refractivity contribution in [3.05, 3.63) is 0 Å². The molecule has 0 aromatic heterocycles. The maximum absolute atomic E-state index is 3.35. The molecule has 100 valence electrons. The predicted molar refractivity (Wildman–Crippen MR) is 79.0 cm³/mol. The molecule has 0 spiro atoms. The molecular formula is C17H32. The van der Waals surface area contributed by atoms with E-state index in [-0.39, 0.29) is 0 Å². The highest BCUT2D eigenvalue weighted by Crippen LogP contribution is 2.20. The van der Waals surface area contributed by atoms with Crippen LogP contribution in [0.3, 0.4) is 0 Å². The van der Waals surface area contributed by atoms with Gasteiger partial charge < -0.3 is 0 Å². The SMILES string of the molecule is CCCCC(CCC#CCC(C)C)CCCC. The normalized spacial score (nSPS) is 10.7. The van der Waals surface area contributed by atoms with Crippen LogP contribution in [-0.2, 0) is 0 Å². The van der Waals surface area contributed by atoms with Gasteiger partial charge in [-0.3, -0.25) is 0 Å². The second kappa shape index (κ2) is 12.0. The van der Waals surface area contributed by atoms with Crippen molar-refractivity contribution < 1.29 is 0 Å². The van der Waals surface area contributed by atoms with Gasteiger partial charge in [0.2, 0.25) is 0 Å². The van der Waals surface area contributed by atoms with Gasteiger partial charge in [0.15, 0.2) is 0 Å². The topological polar surface area (TPSA) is 0 Å². The smallest absolute Gasteiger partial charge is 0.0112 e. The number of unbranched alkanes of at least 4 members (excludes halogenated alkanes) is 2. The summed E-state index contributed by atoms with van der Waals surface area (Å²) in [6.45, 7) is 9.05. The summed E-state index contributed by atoms with van der Waals surface area (Å²) in [5.74, 6) is 8.31. The summed E-state index contributed by atoms with van der Waals surface area (Å²) in [6.07, 6.45) is 11.8. The van der Waals surface area contributed by atoms with E-state index < -0.39 is 0 Å². The Morgan fingerprint density at radius 2 is 1.41 bits per heavy atom. The molecule has 0 aliphatic rings. The molecule has 0 aromatic carbocycles. The lowest BCUT2D eigenvalue weighted by atomic mass is 9.92. The first kappa shape index (κ1) is 16.6. The molecule has 0 heterocycles. The number of hydrogen-bond acceptors (Lipinski definition) is 0. The van der Waals surface area contributed by atoms with Gasteiger partial charge in [0.1, 0.15) is 0 Å². The Balaban J connectivity index is 3.75. The van der Waals surface area contributed by atoms with E-state index in [9.17, 15) is 0 Å². The third kappa shape index (κ3) is 11.8. The fourth-order valence-corrected chi connectivity index (χ4v) is 2.06. The Labute approximate surface area is 110 Å². The van der Waals surface area contributed by atoms with Crippen LogP contribution in [0, 0.1) is 23.7 Å². The Kier molecular flexibility index (Phi) is 11.7. The molecule has 0 N–H and O–H groups in total. The van der Waals surface area contributed by atoms with Crippen molar-refractivity contribution in [1.29, 1.82) is 0 Å². The van der Waals surface area contributed by atoms with Crippen LogP contribution in [-0.4, -0.2) is 0 Å². The number of rotatable bonds is 9. The van der Waals surface area contributed by atoms with Crippen LogP contribution in [0.25, 0.3) is 0 Å². The summed E-state index contributed by atoms with van der Waals surface area (Å²) >= 11 is 0. The minimum Gasteiger partial charge on any atom is -0.103 e. The van der Waals surface area contributed by atoms with E-state index in [0.29, 0.717) is 0 Å². The van der Waals surface area contributed by atoms with E-state index in [1.54, 1.807) is 0 Å². The van der Waals surface area contributed by atoms with Gasteiger partial charge in [-0.05, 0) is 18.3 Å². The molecule has 0 heteroatoms. The molecule has 0 aliphatic heterocycles. The lowest BCUT2D eigenvalue weighted by Crippen LogP contribution is -2.00. The largest absolute Gasteiger partial charge is 0.103 e. The van der Waals surface area contributed by atoms with Crippen LogP contribution >= 0.6 is 0 Å². The van der Waals surface area contributed by atoms with Crippen LogP contribution in [0.5, 0.6) is 0 Å². The highest BCUT2D eigenvalue weighted by Gasteiger charge is 2.06. The molecule has 0 saturated carbocycles. The maximum Gasteiger partial charge on any atom is 0.0112 e. The van der Waals surface area contributed by atoms with E-state index >= 15 is 0 Å². The van der Waals surface area contributed by atoms with Crippen LogP contribution in [0.1, 0.15) is 85.5 Å². The average Bonchev–Trinajstić information content (AvgIpc) is 2.30. The predicted octanol–water partition coefficient (Wildman–Crippen LogP) is 5.81. The third-order valence-electron chi connectivity index (χ3n) is 3.24. The highest BCUT2D eigenvalue weighted by molar-refractivity contribution is 4.99. The van der Waals surface area contributed by atoms with Crippen molar-refractivity contribution in [3.8, 4) is 11.8 Å². The van der Waals surface area contributed by atoms with E-state index in [0.717, 1.165) is 24.7 Å². The Morgan fingerprint density at radius 1 is 0.824 bits per heavy atom. The average molecular weight is 236 g/mol. The summed E-state index contributed by atoms with van der Waals surface area (Å²) < 4.78 is 0. The van der Waals surface area contributed by atoms with E-state index in [2.05, 4.69) is 39.5 Å². The molecule has 0 aromatic rings. The first-order valence-corrected chi connectivity index (χ1v) is 7.66. The van der Waals surface area contributed by atoms with Crippen molar-refractivity contribution in [2.24, 2.45) is 11.8 Å². The fourth-order valence-electron chi connectivity index (χ4n) is 2.06. The number of hydrogen-bond donors (Lipinski definition) is 0. The van der Waals surface area contributed by atoms with E-state index in [1.165, 1.54) is 44.9 Å². The fraction of sp³-hybridized carbons (Fsp3) is 0.882. The van der Waals surface area contributed by atoms with Gasteiger partial charge in [-0.1, -0.05) is 66.2 Å². The Hall–Kier alpha value is -0.440. The first-order valence-electron chi connectivity index (χ1n) is 7.66. The van der Waals surface area contributed by atoms with Gasteiger partial charge in [-0.2, -0.15) is 0 Å². The van der Waals surface area contributed by atoms with Crippen molar-refractivity contribution in [2.75, 3.05) is 0 Å². The Bertz CT molecular complexity index is 196. The highest BCUT2D eigenvalue weighted by atomic mass is 14.1. The first-order chi connectivity index (χ1) is 8.20. The van der Waals surface area contributed by atoms with Crippen molar-refractivity contribution in [3.63, 3.8) is 0 Å². The van der Waals surface area contributed by atoms with Gasteiger partial charge in [0.05, 0.1) is 0 Å². The van der Waals surface area contributed by atoms with Gasteiger partial charge in [-0.25, -0.2) is 0 Å². The zero-order chi connectivity index (χ0) is 12.9. The molecule has 17 heavy (non-hydrogen) atoms. The molecule has 0 bridgehead atoms. The van der Waals surface area contributed by atoms with Crippen LogP contribution in [0.2, 0.25) is 0 Å². The third-order valence-corrected chi connectivity index (χ3v) is 3.24. The van der Waals surface area contributed by atoms with Crippen LogP contribution in [0.15, 0.2) is 0 Å². The zero-order valence-corrected chi connectivity index (χ0v) is 12.5. The summed E-state index contributed by atoms with van der Waals surface area (Å²) in [5.41, 5.74) is 0. The molecule has 0 radical (unpaired) electrons. The molecule has 0 atom stereocenters. The van der Waals surface area contributed by atoms with Crippen molar-refractivity contribution >= 4 is 0 Å². The second-order valence-corrected chi connectivity index (χ2v) is 5.64. The summed E-state index contributed by atoms with van der Waals surface area (Å²) in [5, 5.41) is 0. The van der Waals surface area contributed by atoms with Gasteiger partial charge in [0, 0.05) is 12.8 Å². The summed E-state index contributed by atoms with van der Waals surface area (Å²) in [7, 11) is 0. The second-order valence-electron chi connectivity index (χ2n) is 5.64. The van der Waals surface area contributed by atoms with Crippen molar-refractivity contribution in [2.45, 2.75) is 85.5 Å². The monoisotopic (exact) mass is 236 g/mol. The molecule has 0 amide bonds. The van der Waals surface area contributed by atoms with Crippen LogP contribution < -0.4 is 0 Å². The summed E-state index contributed by atoms with van der Waals surface area (Å²) in [4.78, 5) is 0. The van der Waals surface area contributed by atoms with Crippen LogP contribution in [0.4, 0.5) is 0 Å². The lowest BCUT2D eigenvalue weighted by molar-refractivity contribution is 0.398. The zero-order valence-electron chi connectivity index (χ0n) is 12.5. The molecular weight excluding hydrogens is 204 g/mol. The minimum absolute atomic E-state index is 0.721. The molecule has 0 nitrogen and oxygen atoms in total. The van der Waals surface area contributed by atoms with Gasteiger partial charge in [-0.15, -0.1) is 11.8 Å². The minimum atomic E-state index is 0.721. The molecule has 0 rings (SSSR count). The summed E-state index contributed by atoms with van der Waals surface area (Å²) in [6, 6.07) is 0. The molecule has 0 fully saturated rings. The van der Waals surface area contributed by atoms with E-state index in [1.807, 2.05) is 0 Å². The molecule has 0 unspecified atom stereocenters. The lowest BCUT2D eigenvalue weighted by Gasteiger charge is -2.14. The Morgan fingerprint density at radius 3 is 1.88 bits per heavy atom. The van der Waals surface area contributed by atoms with E-state index in [4.69, 9.17) is 0 Å². The van der Waals surface area contributed by atoms with Crippen molar-refractivity contribution in [1.82, 2.24) is 0 Å². The standard InChI is InChI=1S/C17H32/c1-5-7-13-17(14-8-6-2)15-11-9-10-12-16(3)4/h16-17H,5-8,11-15H2,1-4H3. The van der Waals surface area contributed by atoms with Gasteiger partial charge >= 0.3 is 0 Å². The quantitative estimate of drug-likeness (QED) is 0.443. The molecule has 0 aliphatic carbocycles. The maximum atomic E-state index is 3.35.